The van der Waals surface area contributed by atoms with Crippen molar-refractivity contribution in [3.8, 4) is 0 Å². The van der Waals surface area contributed by atoms with Gasteiger partial charge in [-0.1, -0.05) is 13.0 Å². The number of hydrogen-bond donors (Lipinski definition) is 1. The van der Waals surface area contributed by atoms with E-state index in [4.69, 9.17) is 5.73 Å². The summed E-state index contributed by atoms with van der Waals surface area (Å²) in [6.45, 7) is 4.31. The Morgan fingerprint density at radius 3 is 2.67 bits per heavy atom. The first-order valence-corrected chi connectivity index (χ1v) is 8.74. The summed E-state index contributed by atoms with van der Waals surface area (Å²) >= 11 is 1.70. The van der Waals surface area contributed by atoms with Crippen LogP contribution in [0.5, 0.6) is 0 Å². The fourth-order valence-electron chi connectivity index (χ4n) is 2.98. The van der Waals surface area contributed by atoms with Crippen LogP contribution in [0.2, 0.25) is 0 Å². The molecule has 0 radical (unpaired) electrons. The van der Waals surface area contributed by atoms with Gasteiger partial charge in [0.15, 0.2) is 0 Å². The van der Waals surface area contributed by atoms with E-state index in [1.54, 1.807) is 11.3 Å². The Bertz CT molecular complexity index is 427. The molecule has 0 atom stereocenters. The second kappa shape index (κ2) is 7.92. The monoisotopic (exact) mass is 309 g/mol. The quantitative estimate of drug-likeness (QED) is 0.877. The number of hydrogen-bond acceptors (Lipinski definition) is 4. The number of carbonyl (C=O) groups is 1. The molecule has 4 nitrogen and oxygen atoms in total. The molecule has 0 aromatic carbocycles. The fraction of sp³-hybridized carbons (Fsp3) is 0.688. The highest BCUT2D eigenvalue weighted by Crippen LogP contribution is 2.22. The molecule has 1 fully saturated rings. The molecule has 2 N–H and O–H groups in total. The Hall–Kier alpha value is -0.910. The molecule has 2 rings (SSSR count). The molecule has 5 heteroatoms. The van der Waals surface area contributed by atoms with E-state index >= 15 is 0 Å². The Labute approximate surface area is 131 Å². The SMILES string of the molecule is CCN(CC(=O)N(C)Cc1cccs1)C1CCC(N)CC1. The summed E-state index contributed by atoms with van der Waals surface area (Å²) in [4.78, 5) is 17.8. The van der Waals surface area contributed by atoms with Gasteiger partial charge in [-0.2, -0.15) is 0 Å². The molecular formula is C16H27N3OS. The highest BCUT2D eigenvalue weighted by atomic mass is 32.1. The molecule has 0 aliphatic heterocycles. The van der Waals surface area contributed by atoms with Crippen LogP contribution in [-0.4, -0.2) is 47.9 Å². The Balaban J connectivity index is 1.84. The lowest BCUT2D eigenvalue weighted by Crippen LogP contribution is -2.45. The second-order valence-electron chi connectivity index (χ2n) is 5.96. The maximum Gasteiger partial charge on any atom is 0.236 e. The van der Waals surface area contributed by atoms with Crippen molar-refractivity contribution in [2.75, 3.05) is 20.1 Å². The minimum atomic E-state index is 0.208. The van der Waals surface area contributed by atoms with Crippen LogP contribution in [0.1, 0.15) is 37.5 Å². The smallest absolute Gasteiger partial charge is 0.236 e. The zero-order valence-electron chi connectivity index (χ0n) is 13.1. The third-order valence-corrected chi connectivity index (χ3v) is 5.26. The van der Waals surface area contributed by atoms with Crippen LogP contribution in [0.25, 0.3) is 0 Å². The van der Waals surface area contributed by atoms with Gasteiger partial charge in [-0.05, 0) is 43.7 Å². The number of nitrogens with zero attached hydrogens (tertiary/aromatic N) is 2. The van der Waals surface area contributed by atoms with E-state index in [1.807, 2.05) is 18.0 Å². The van der Waals surface area contributed by atoms with Gasteiger partial charge < -0.3 is 10.6 Å². The van der Waals surface area contributed by atoms with E-state index in [9.17, 15) is 4.79 Å². The molecule has 1 aromatic rings. The number of likely N-dealkylation sites (N-methyl/N-ethyl adjacent to an activating group) is 2. The van der Waals surface area contributed by atoms with Crippen LogP contribution in [-0.2, 0) is 11.3 Å². The van der Waals surface area contributed by atoms with Gasteiger partial charge >= 0.3 is 0 Å². The predicted molar refractivity (Wildman–Crippen MR) is 88.3 cm³/mol. The molecular weight excluding hydrogens is 282 g/mol. The molecule has 0 spiro atoms. The fourth-order valence-corrected chi connectivity index (χ4v) is 3.74. The predicted octanol–water partition coefficient (Wildman–Crippen LogP) is 2.30. The summed E-state index contributed by atoms with van der Waals surface area (Å²) < 4.78 is 0. The van der Waals surface area contributed by atoms with Crippen LogP contribution in [0, 0.1) is 0 Å². The molecule has 1 aromatic heterocycles. The van der Waals surface area contributed by atoms with Gasteiger partial charge in [0.2, 0.25) is 5.91 Å². The van der Waals surface area contributed by atoms with Crippen molar-refractivity contribution >= 4 is 17.2 Å². The van der Waals surface area contributed by atoms with Crippen LogP contribution < -0.4 is 5.73 Å². The summed E-state index contributed by atoms with van der Waals surface area (Å²) in [5.74, 6) is 0.208. The molecule has 1 heterocycles. The molecule has 0 saturated heterocycles. The highest BCUT2D eigenvalue weighted by molar-refractivity contribution is 7.09. The average molecular weight is 309 g/mol. The van der Waals surface area contributed by atoms with E-state index in [0.717, 1.165) is 32.2 Å². The lowest BCUT2D eigenvalue weighted by Gasteiger charge is -2.35. The third-order valence-electron chi connectivity index (χ3n) is 4.40. The Kier molecular flexibility index (Phi) is 6.21. The Morgan fingerprint density at radius 1 is 1.38 bits per heavy atom. The van der Waals surface area contributed by atoms with Crippen molar-refractivity contribution in [2.45, 2.75) is 51.2 Å². The van der Waals surface area contributed by atoms with E-state index in [1.165, 1.54) is 4.88 Å². The zero-order chi connectivity index (χ0) is 15.2. The van der Waals surface area contributed by atoms with Crippen molar-refractivity contribution in [3.63, 3.8) is 0 Å². The number of nitrogens with two attached hydrogens (primary N) is 1. The molecule has 118 valence electrons. The van der Waals surface area contributed by atoms with Crippen LogP contribution >= 0.6 is 11.3 Å². The van der Waals surface area contributed by atoms with Gasteiger partial charge in [0, 0.05) is 24.0 Å². The summed E-state index contributed by atoms with van der Waals surface area (Å²) in [5.41, 5.74) is 5.97. The van der Waals surface area contributed by atoms with Gasteiger partial charge in [-0.25, -0.2) is 0 Å². The van der Waals surface area contributed by atoms with Gasteiger partial charge in [0.25, 0.3) is 0 Å². The molecule has 1 aliphatic carbocycles. The van der Waals surface area contributed by atoms with Gasteiger partial charge in [-0.3, -0.25) is 9.69 Å². The lowest BCUT2D eigenvalue weighted by atomic mass is 9.90. The first-order valence-electron chi connectivity index (χ1n) is 7.86. The molecule has 0 bridgehead atoms. The maximum absolute atomic E-state index is 12.4. The van der Waals surface area contributed by atoms with E-state index in [-0.39, 0.29) is 5.91 Å². The number of amides is 1. The molecule has 1 amide bonds. The molecule has 21 heavy (non-hydrogen) atoms. The summed E-state index contributed by atoms with van der Waals surface area (Å²) in [6.07, 6.45) is 4.41. The van der Waals surface area contributed by atoms with Crippen molar-refractivity contribution < 1.29 is 4.79 Å². The standard InChI is InChI=1S/C16H27N3OS/c1-3-19(14-8-6-13(17)7-9-14)12-16(20)18(2)11-15-5-4-10-21-15/h4-5,10,13-14H,3,6-9,11-12,17H2,1-2H3. The molecule has 1 saturated carbocycles. The van der Waals surface area contributed by atoms with Crippen molar-refractivity contribution in [3.05, 3.63) is 22.4 Å². The van der Waals surface area contributed by atoms with Crippen LogP contribution in [0.4, 0.5) is 0 Å². The lowest BCUT2D eigenvalue weighted by molar-refractivity contribution is -0.132. The van der Waals surface area contributed by atoms with Crippen molar-refractivity contribution in [2.24, 2.45) is 5.73 Å². The zero-order valence-corrected chi connectivity index (χ0v) is 13.9. The highest BCUT2D eigenvalue weighted by Gasteiger charge is 2.25. The first kappa shape index (κ1) is 16.5. The van der Waals surface area contributed by atoms with Gasteiger partial charge in [0.1, 0.15) is 0 Å². The number of thiophene rings is 1. The van der Waals surface area contributed by atoms with E-state index < -0.39 is 0 Å². The average Bonchev–Trinajstić information content (AvgIpc) is 2.98. The first-order chi connectivity index (χ1) is 10.1. The largest absolute Gasteiger partial charge is 0.340 e. The van der Waals surface area contributed by atoms with Crippen molar-refractivity contribution in [1.82, 2.24) is 9.80 Å². The van der Waals surface area contributed by atoms with Crippen LogP contribution in [0.3, 0.4) is 0 Å². The van der Waals surface area contributed by atoms with Gasteiger partial charge in [0.05, 0.1) is 13.1 Å². The number of rotatable bonds is 6. The van der Waals surface area contributed by atoms with E-state index in [0.29, 0.717) is 25.2 Å². The minimum absolute atomic E-state index is 0.208. The normalized spacial score (nSPS) is 22.5. The maximum atomic E-state index is 12.4. The minimum Gasteiger partial charge on any atom is -0.340 e. The molecule has 1 aliphatic rings. The number of carbonyl (C=O) groups excluding carboxylic acids is 1. The summed E-state index contributed by atoms with van der Waals surface area (Å²) in [7, 11) is 1.90. The van der Waals surface area contributed by atoms with Crippen molar-refractivity contribution in [1.29, 1.82) is 0 Å². The van der Waals surface area contributed by atoms with Crippen LogP contribution in [0.15, 0.2) is 17.5 Å². The topological polar surface area (TPSA) is 49.6 Å². The van der Waals surface area contributed by atoms with E-state index in [2.05, 4.69) is 23.3 Å². The van der Waals surface area contributed by atoms with Gasteiger partial charge in [-0.15, -0.1) is 11.3 Å². The summed E-state index contributed by atoms with van der Waals surface area (Å²) in [5, 5.41) is 2.05. The second-order valence-corrected chi connectivity index (χ2v) is 6.99. The molecule has 0 unspecified atom stereocenters. The summed E-state index contributed by atoms with van der Waals surface area (Å²) in [6, 6.07) is 4.99. The third kappa shape index (κ3) is 4.80. The Morgan fingerprint density at radius 2 is 2.10 bits per heavy atom.